The number of rotatable bonds is 6. The Labute approximate surface area is 217 Å². The molecule has 1 saturated heterocycles. The van der Waals surface area contributed by atoms with Crippen molar-refractivity contribution in [3.63, 3.8) is 0 Å². The number of anilines is 1. The Morgan fingerprint density at radius 2 is 1.74 bits per heavy atom. The predicted octanol–water partition coefficient (Wildman–Crippen LogP) is 9.50. The van der Waals surface area contributed by atoms with Crippen LogP contribution in [0.4, 0.5) is 5.69 Å². The number of nitrogens with one attached hydrogen (secondary N) is 1. The van der Waals surface area contributed by atoms with Crippen molar-refractivity contribution in [3.8, 4) is 0 Å². The molecular formula is C29H54N4S. The number of amidine groups is 1. The third kappa shape index (κ3) is 17.8. The van der Waals surface area contributed by atoms with Gasteiger partial charge < -0.3 is 5.32 Å². The highest BCUT2D eigenvalue weighted by Gasteiger charge is 2.19. The van der Waals surface area contributed by atoms with Crippen LogP contribution >= 0.6 is 11.9 Å². The number of piperidine rings is 1. The van der Waals surface area contributed by atoms with E-state index in [-0.39, 0.29) is 6.04 Å². The number of aliphatic imine (C=N–C) groups is 2. The second-order valence-electron chi connectivity index (χ2n) is 9.80. The van der Waals surface area contributed by atoms with E-state index in [4.69, 9.17) is 0 Å². The van der Waals surface area contributed by atoms with Gasteiger partial charge in [0.2, 0.25) is 0 Å². The van der Waals surface area contributed by atoms with Crippen molar-refractivity contribution >= 4 is 30.2 Å². The van der Waals surface area contributed by atoms with Crippen molar-refractivity contribution in [2.24, 2.45) is 15.4 Å². The Bertz CT molecular complexity index is 711. The zero-order valence-corrected chi connectivity index (χ0v) is 25.1. The van der Waals surface area contributed by atoms with Gasteiger partial charge in [-0.05, 0) is 82.8 Å². The van der Waals surface area contributed by atoms with Crippen molar-refractivity contribution in [1.82, 2.24) is 4.31 Å². The predicted molar refractivity (Wildman–Crippen MR) is 160 cm³/mol. The maximum Gasteiger partial charge on any atom is 0.130 e. The van der Waals surface area contributed by atoms with Gasteiger partial charge in [-0.2, -0.15) is 0 Å². The fourth-order valence-corrected chi connectivity index (χ4v) is 3.89. The third-order valence-corrected chi connectivity index (χ3v) is 5.35. The largest absolute Gasteiger partial charge is 0.340 e. The van der Waals surface area contributed by atoms with Gasteiger partial charge in [-0.15, -0.1) is 0 Å². The van der Waals surface area contributed by atoms with Crippen LogP contribution in [0.3, 0.4) is 0 Å². The van der Waals surface area contributed by atoms with Crippen LogP contribution in [0.25, 0.3) is 0 Å². The molecule has 4 nitrogen and oxygen atoms in total. The molecule has 0 saturated carbocycles. The number of benzene rings is 1. The normalized spacial score (nSPS) is 16.8. The van der Waals surface area contributed by atoms with Gasteiger partial charge in [-0.3, -0.25) is 9.98 Å². The molecule has 1 aliphatic rings. The minimum atomic E-state index is 0.211. The zero-order valence-electron chi connectivity index (χ0n) is 24.3. The van der Waals surface area contributed by atoms with Crippen LogP contribution in [0.15, 0.2) is 50.9 Å². The molecule has 1 aromatic rings. The van der Waals surface area contributed by atoms with E-state index in [0.29, 0.717) is 11.5 Å². The molecular weight excluding hydrogens is 436 g/mol. The van der Waals surface area contributed by atoms with E-state index in [1.807, 2.05) is 46.6 Å². The fourth-order valence-electron chi connectivity index (χ4n) is 2.80. The SMILES string of the molecule is C=N/C=C(/C)C(=NC(C)C)Nc1cccc(SN2CCCCC2C)c1.CC.CC.CC(C)(C)C. The van der Waals surface area contributed by atoms with E-state index in [0.717, 1.165) is 23.6 Å². The molecule has 0 amide bonds. The lowest BCUT2D eigenvalue weighted by Gasteiger charge is -2.32. The Balaban J connectivity index is 0. The minimum Gasteiger partial charge on any atom is -0.340 e. The van der Waals surface area contributed by atoms with Gasteiger partial charge in [0.25, 0.3) is 0 Å². The second-order valence-corrected chi connectivity index (χ2v) is 10.9. The van der Waals surface area contributed by atoms with E-state index in [1.54, 1.807) is 6.20 Å². The molecule has 1 aromatic carbocycles. The smallest absolute Gasteiger partial charge is 0.130 e. The van der Waals surface area contributed by atoms with Gasteiger partial charge in [-0.1, -0.05) is 67.9 Å². The summed E-state index contributed by atoms with van der Waals surface area (Å²) in [5.41, 5.74) is 2.53. The maximum absolute atomic E-state index is 4.68. The molecule has 196 valence electrons. The molecule has 2 rings (SSSR count). The minimum absolute atomic E-state index is 0.211. The summed E-state index contributed by atoms with van der Waals surface area (Å²) in [5, 5.41) is 3.45. The van der Waals surface area contributed by atoms with Gasteiger partial charge in [-0.25, -0.2) is 4.31 Å². The Morgan fingerprint density at radius 3 is 2.24 bits per heavy atom. The standard InChI is InChI=1S/C20H30N4S.C5H12.2C2H6/c1-15(2)22-20(16(3)14-21-5)23-18-10-8-11-19(13-18)25-24-12-7-6-9-17(24)4;1-5(2,3)4;2*1-2/h8,10-11,13-15,17H,5-7,9,12H2,1-4H3,(H,22,23);1-4H3;2*1-2H3/b16-14-;;;. The van der Waals surface area contributed by atoms with Crippen LogP contribution in [0.1, 0.15) is 102 Å². The molecule has 0 aliphatic carbocycles. The van der Waals surface area contributed by atoms with Crippen molar-refractivity contribution in [2.45, 2.75) is 119 Å². The molecule has 1 heterocycles. The second kappa shape index (κ2) is 19.7. The highest BCUT2D eigenvalue weighted by Crippen LogP contribution is 2.31. The molecule has 1 N–H and O–H groups in total. The topological polar surface area (TPSA) is 40.0 Å². The first-order valence-electron chi connectivity index (χ1n) is 13.0. The van der Waals surface area contributed by atoms with Crippen LogP contribution in [0, 0.1) is 5.41 Å². The first kappa shape index (κ1) is 34.6. The van der Waals surface area contributed by atoms with E-state index >= 15 is 0 Å². The molecule has 0 spiro atoms. The summed E-state index contributed by atoms with van der Waals surface area (Å²) in [4.78, 5) is 9.80. The fraction of sp³-hybridized carbons (Fsp3) is 0.655. The summed E-state index contributed by atoms with van der Waals surface area (Å²) >= 11 is 1.86. The number of hydrogen-bond acceptors (Lipinski definition) is 4. The molecule has 0 bridgehead atoms. The molecule has 34 heavy (non-hydrogen) atoms. The van der Waals surface area contributed by atoms with Crippen molar-refractivity contribution in [2.75, 3.05) is 11.9 Å². The summed E-state index contributed by atoms with van der Waals surface area (Å²) < 4.78 is 2.50. The highest BCUT2D eigenvalue weighted by molar-refractivity contribution is 7.97. The van der Waals surface area contributed by atoms with Gasteiger partial charge in [0.05, 0.1) is 0 Å². The van der Waals surface area contributed by atoms with E-state index in [2.05, 4.69) is 99.1 Å². The van der Waals surface area contributed by atoms with Crippen LogP contribution in [0.5, 0.6) is 0 Å². The van der Waals surface area contributed by atoms with E-state index in [9.17, 15) is 0 Å². The quantitative estimate of drug-likeness (QED) is 0.245. The first-order valence-corrected chi connectivity index (χ1v) is 13.8. The maximum atomic E-state index is 4.68. The van der Waals surface area contributed by atoms with Crippen LogP contribution in [0.2, 0.25) is 0 Å². The van der Waals surface area contributed by atoms with Crippen molar-refractivity contribution in [1.29, 1.82) is 0 Å². The molecule has 5 heteroatoms. The monoisotopic (exact) mass is 490 g/mol. The first-order chi connectivity index (χ1) is 16.0. The lowest BCUT2D eigenvalue weighted by atomic mass is 10.0. The summed E-state index contributed by atoms with van der Waals surface area (Å²) in [7, 11) is 0. The average Bonchev–Trinajstić information content (AvgIpc) is 2.77. The molecule has 1 unspecified atom stereocenters. The molecule has 0 aromatic heterocycles. The highest BCUT2D eigenvalue weighted by atomic mass is 32.2. The van der Waals surface area contributed by atoms with E-state index < -0.39 is 0 Å². The van der Waals surface area contributed by atoms with Crippen molar-refractivity contribution < 1.29 is 0 Å². The summed E-state index contributed by atoms with van der Waals surface area (Å²) in [5.74, 6) is 0.843. The molecule has 0 radical (unpaired) electrons. The Kier molecular flexibility index (Phi) is 20.0. The lowest BCUT2D eigenvalue weighted by Crippen LogP contribution is -2.31. The van der Waals surface area contributed by atoms with Crippen LogP contribution < -0.4 is 5.32 Å². The summed E-state index contributed by atoms with van der Waals surface area (Å²) in [6.45, 7) is 29.9. The number of hydrogen-bond donors (Lipinski definition) is 1. The van der Waals surface area contributed by atoms with Gasteiger partial charge >= 0.3 is 0 Å². The van der Waals surface area contributed by atoms with Crippen LogP contribution in [-0.4, -0.2) is 35.5 Å². The van der Waals surface area contributed by atoms with E-state index in [1.165, 1.54) is 24.2 Å². The Hall–Kier alpha value is -1.59. The molecule has 1 atom stereocenters. The third-order valence-electron chi connectivity index (χ3n) is 4.11. The number of nitrogens with zero attached hydrogens (tertiary/aromatic N) is 3. The van der Waals surface area contributed by atoms with Gasteiger partial charge in [0.15, 0.2) is 0 Å². The zero-order chi connectivity index (χ0) is 26.7. The molecule has 1 aliphatic heterocycles. The lowest BCUT2D eigenvalue weighted by molar-refractivity contribution is 0.292. The Morgan fingerprint density at radius 1 is 1.15 bits per heavy atom. The molecule has 1 fully saturated rings. The summed E-state index contributed by atoms with van der Waals surface area (Å²) in [6, 6.07) is 9.38. The van der Waals surface area contributed by atoms with Crippen molar-refractivity contribution in [3.05, 3.63) is 36.0 Å². The van der Waals surface area contributed by atoms with Gasteiger partial charge in [0, 0.05) is 41.0 Å². The van der Waals surface area contributed by atoms with Crippen LogP contribution in [-0.2, 0) is 0 Å². The van der Waals surface area contributed by atoms with Gasteiger partial charge in [0.1, 0.15) is 5.84 Å². The summed E-state index contributed by atoms with van der Waals surface area (Å²) in [6.07, 6.45) is 5.66. The average molecular weight is 491 g/mol.